The molecule has 0 heterocycles. The van der Waals surface area contributed by atoms with Gasteiger partial charge in [0.25, 0.3) is 0 Å². The number of hydrogen-bond donors (Lipinski definition) is 0. The van der Waals surface area contributed by atoms with Gasteiger partial charge in [0, 0.05) is 19.3 Å². The Hall–Kier alpha value is -3.93. The van der Waals surface area contributed by atoms with E-state index in [1.165, 1.54) is 180 Å². The first-order valence-corrected chi connectivity index (χ1v) is 35.4. The van der Waals surface area contributed by atoms with Crippen molar-refractivity contribution in [1.29, 1.82) is 0 Å². The van der Waals surface area contributed by atoms with Crippen molar-refractivity contribution in [1.82, 2.24) is 0 Å². The Morgan fingerprint density at radius 2 is 0.470 bits per heavy atom. The molecule has 1 atom stereocenters. The summed E-state index contributed by atoms with van der Waals surface area (Å²) in [5.74, 6) is -0.900. The van der Waals surface area contributed by atoms with Crippen LogP contribution in [0.2, 0.25) is 0 Å². The van der Waals surface area contributed by atoms with Crippen LogP contribution in [0.4, 0.5) is 0 Å². The van der Waals surface area contributed by atoms with Crippen LogP contribution in [0, 0.1) is 0 Å². The normalized spacial score (nSPS) is 12.8. The Bertz CT molecular complexity index is 1660. The maximum atomic E-state index is 13.0. The van der Waals surface area contributed by atoms with Crippen LogP contribution in [-0.4, -0.2) is 37.2 Å². The zero-order chi connectivity index (χ0) is 59.9. The van der Waals surface area contributed by atoms with Gasteiger partial charge in [0.15, 0.2) is 6.10 Å². The largest absolute Gasteiger partial charge is 0.462 e. The van der Waals surface area contributed by atoms with Crippen molar-refractivity contribution in [3.05, 3.63) is 109 Å². The molecule has 0 fully saturated rings. The molecule has 0 saturated carbocycles. The van der Waals surface area contributed by atoms with E-state index in [1.54, 1.807) is 0 Å². The minimum atomic E-state index is -0.795. The van der Waals surface area contributed by atoms with Gasteiger partial charge in [0.05, 0.1) is 0 Å². The van der Waals surface area contributed by atoms with Gasteiger partial charge in [-0.25, -0.2) is 0 Å². The summed E-state index contributed by atoms with van der Waals surface area (Å²) < 4.78 is 17.0. The van der Waals surface area contributed by atoms with Gasteiger partial charge in [-0.05, 0) is 128 Å². The fourth-order valence-corrected chi connectivity index (χ4v) is 9.94. The zero-order valence-corrected chi connectivity index (χ0v) is 54.7. The molecule has 0 saturated heterocycles. The topological polar surface area (TPSA) is 78.9 Å². The van der Waals surface area contributed by atoms with E-state index in [2.05, 4.69) is 130 Å². The Labute approximate surface area is 514 Å². The highest BCUT2D eigenvalue weighted by atomic mass is 16.6. The van der Waals surface area contributed by atoms with Crippen molar-refractivity contribution in [3.8, 4) is 0 Å². The van der Waals surface area contributed by atoms with Crippen molar-refractivity contribution in [2.45, 2.75) is 348 Å². The molecule has 0 spiro atoms. The van der Waals surface area contributed by atoms with Crippen LogP contribution in [0.5, 0.6) is 0 Å². The highest BCUT2D eigenvalue weighted by Gasteiger charge is 2.19. The summed E-state index contributed by atoms with van der Waals surface area (Å²) >= 11 is 0. The molecule has 0 aliphatic rings. The predicted octanol–water partition coefficient (Wildman–Crippen LogP) is 24.6. The lowest BCUT2D eigenvalue weighted by Gasteiger charge is -2.18. The van der Waals surface area contributed by atoms with E-state index >= 15 is 0 Å². The third-order valence-electron chi connectivity index (χ3n) is 15.2. The lowest BCUT2D eigenvalue weighted by molar-refractivity contribution is -0.167. The maximum Gasteiger partial charge on any atom is 0.306 e. The molecule has 476 valence electrons. The second-order valence-corrected chi connectivity index (χ2v) is 23.4. The summed E-state index contributed by atoms with van der Waals surface area (Å²) in [6.07, 6.45) is 96.7. The van der Waals surface area contributed by atoms with Crippen molar-refractivity contribution in [2.24, 2.45) is 0 Å². The van der Waals surface area contributed by atoms with E-state index in [9.17, 15) is 14.4 Å². The molecular formula is C77H132O6. The fraction of sp³-hybridized carbons (Fsp3) is 0.727. The van der Waals surface area contributed by atoms with Crippen LogP contribution in [0.25, 0.3) is 0 Å². The summed E-state index contributed by atoms with van der Waals surface area (Å²) in [4.78, 5) is 38.5. The molecule has 0 aliphatic heterocycles. The summed E-state index contributed by atoms with van der Waals surface area (Å²) in [6, 6.07) is 0. The molecule has 0 aromatic heterocycles. The van der Waals surface area contributed by atoms with E-state index < -0.39 is 6.10 Å². The standard InChI is InChI=1S/C77H132O6/c1-4-7-10-13-16-19-22-25-28-31-33-35-36-37-38-39-40-42-43-46-49-52-55-58-61-64-67-70-76(79)82-73-74(72-81-75(78)69-66-63-60-57-54-51-48-45-30-27-24-21-18-15-12-9-6-3)83-77(80)71-68-65-62-59-56-53-50-47-44-41-34-32-29-26-23-20-17-14-11-8-5-2/h8,11,17,20,22,25-27,29-31,33-34,36-37,41,47,50,74H,4-7,9-10,12-16,18-19,21,23-24,28,32,35,38-40,42-46,48-49,51-73H2,1-3H3/b11-8-,20-17-,25-22-,29-26-,30-27-,33-31-,37-36-,41-34-,50-47-. The van der Waals surface area contributed by atoms with Gasteiger partial charge in [-0.2, -0.15) is 0 Å². The molecule has 0 N–H and O–H groups in total. The van der Waals surface area contributed by atoms with E-state index in [-0.39, 0.29) is 31.1 Å². The first-order chi connectivity index (χ1) is 41.0. The van der Waals surface area contributed by atoms with Crippen LogP contribution in [0.15, 0.2) is 109 Å². The molecule has 0 radical (unpaired) electrons. The van der Waals surface area contributed by atoms with Gasteiger partial charge in [-0.15, -0.1) is 0 Å². The number of carbonyl (C=O) groups excluding carboxylic acids is 3. The Kier molecular flexibility index (Phi) is 67.2. The van der Waals surface area contributed by atoms with Crippen LogP contribution in [0.1, 0.15) is 342 Å². The molecule has 1 unspecified atom stereocenters. The molecule has 0 amide bonds. The molecule has 0 aromatic rings. The second kappa shape index (κ2) is 70.6. The van der Waals surface area contributed by atoms with Crippen LogP contribution >= 0.6 is 0 Å². The van der Waals surface area contributed by atoms with Crippen molar-refractivity contribution >= 4 is 17.9 Å². The van der Waals surface area contributed by atoms with Gasteiger partial charge in [-0.1, -0.05) is 304 Å². The Morgan fingerprint density at radius 1 is 0.253 bits per heavy atom. The van der Waals surface area contributed by atoms with Crippen LogP contribution in [-0.2, 0) is 28.6 Å². The number of hydrogen-bond acceptors (Lipinski definition) is 6. The smallest absolute Gasteiger partial charge is 0.306 e. The zero-order valence-electron chi connectivity index (χ0n) is 54.7. The average Bonchev–Trinajstić information content (AvgIpc) is 3.50. The quantitative estimate of drug-likeness (QED) is 0.0261. The predicted molar refractivity (Wildman–Crippen MR) is 362 cm³/mol. The van der Waals surface area contributed by atoms with Crippen LogP contribution < -0.4 is 0 Å². The fourth-order valence-electron chi connectivity index (χ4n) is 9.94. The lowest BCUT2D eigenvalue weighted by Crippen LogP contribution is -2.30. The van der Waals surface area contributed by atoms with Gasteiger partial charge in [0.2, 0.25) is 0 Å². The number of carbonyl (C=O) groups is 3. The minimum absolute atomic E-state index is 0.0880. The summed E-state index contributed by atoms with van der Waals surface area (Å²) in [6.45, 7) is 6.53. The summed E-state index contributed by atoms with van der Waals surface area (Å²) in [7, 11) is 0. The average molecular weight is 1150 g/mol. The van der Waals surface area contributed by atoms with E-state index in [0.717, 1.165) is 122 Å². The second-order valence-electron chi connectivity index (χ2n) is 23.4. The van der Waals surface area contributed by atoms with E-state index in [4.69, 9.17) is 14.2 Å². The van der Waals surface area contributed by atoms with Gasteiger partial charge in [-0.3, -0.25) is 14.4 Å². The Balaban J connectivity index is 4.38. The maximum absolute atomic E-state index is 13.0. The lowest BCUT2D eigenvalue weighted by atomic mass is 10.0. The molecule has 0 aliphatic carbocycles. The molecule has 83 heavy (non-hydrogen) atoms. The number of ether oxygens (including phenoxy) is 3. The summed E-state index contributed by atoms with van der Waals surface area (Å²) in [5, 5.41) is 0. The molecule has 6 nitrogen and oxygen atoms in total. The Morgan fingerprint density at radius 3 is 0.747 bits per heavy atom. The van der Waals surface area contributed by atoms with Crippen molar-refractivity contribution in [3.63, 3.8) is 0 Å². The number of unbranched alkanes of at least 4 members (excludes halogenated alkanes) is 35. The van der Waals surface area contributed by atoms with Gasteiger partial charge >= 0.3 is 17.9 Å². The van der Waals surface area contributed by atoms with Crippen molar-refractivity contribution < 1.29 is 28.6 Å². The first kappa shape index (κ1) is 79.1. The highest BCUT2D eigenvalue weighted by molar-refractivity contribution is 5.71. The minimum Gasteiger partial charge on any atom is -0.462 e. The molecule has 0 bridgehead atoms. The van der Waals surface area contributed by atoms with E-state index in [1.807, 2.05) is 0 Å². The third kappa shape index (κ3) is 68.7. The van der Waals surface area contributed by atoms with Gasteiger partial charge in [0.1, 0.15) is 13.2 Å². The third-order valence-corrected chi connectivity index (χ3v) is 15.2. The SMILES string of the molecule is CC/C=C\C/C=C\C/C=C\C/C=C\C/C=C\CCCCCCCC(=O)OC(COC(=O)CCCCCCCCC/C=C\CCCCCCCC)COC(=O)CCCCCCCCCCCCCC/C=C\C/C=C\C/C=C\CCCCCCC. The van der Waals surface area contributed by atoms with E-state index in [0.29, 0.717) is 19.3 Å². The molecular weight excluding hydrogens is 1020 g/mol. The number of rotatable bonds is 64. The first-order valence-electron chi connectivity index (χ1n) is 35.4. The molecule has 6 heteroatoms. The van der Waals surface area contributed by atoms with Crippen molar-refractivity contribution in [2.75, 3.05) is 13.2 Å². The van der Waals surface area contributed by atoms with Gasteiger partial charge < -0.3 is 14.2 Å². The summed E-state index contributed by atoms with van der Waals surface area (Å²) in [5.41, 5.74) is 0. The monoisotopic (exact) mass is 1150 g/mol. The molecule has 0 rings (SSSR count). The van der Waals surface area contributed by atoms with Crippen LogP contribution in [0.3, 0.4) is 0 Å². The molecule has 0 aromatic carbocycles. The highest BCUT2D eigenvalue weighted by Crippen LogP contribution is 2.16. The number of allylic oxidation sites excluding steroid dienone is 18. The number of esters is 3.